The Balaban J connectivity index is 1.46. The van der Waals surface area contributed by atoms with Crippen LogP contribution in [-0.2, 0) is 0 Å². The molecule has 16 heteroatoms. The van der Waals surface area contributed by atoms with Crippen molar-refractivity contribution in [3.8, 4) is 57.5 Å². The van der Waals surface area contributed by atoms with E-state index in [1.54, 1.807) is 130 Å². The molecule has 13 nitrogen and oxygen atoms in total. The molecular weight excluding hydrogens is 775 g/mol. The van der Waals surface area contributed by atoms with E-state index in [-0.39, 0.29) is 0 Å². The molecule has 1 aliphatic heterocycles. The Morgan fingerprint density at radius 3 is 1.16 bits per heavy atom. The minimum atomic E-state index is -3.88. The first-order chi connectivity index (χ1) is 27.5. The summed E-state index contributed by atoms with van der Waals surface area (Å²) in [7, 11) is -1.96. The number of ether oxygens (including phenoxy) is 4. The lowest BCUT2D eigenvalue weighted by molar-refractivity contribution is 0.0545. The van der Waals surface area contributed by atoms with Gasteiger partial charge in [0.15, 0.2) is 0 Å². The van der Waals surface area contributed by atoms with Gasteiger partial charge in [0.05, 0.1) is 28.4 Å². The van der Waals surface area contributed by atoms with E-state index in [0.717, 1.165) is 0 Å². The van der Waals surface area contributed by atoms with Crippen molar-refractivity contribution in [1.29, 1.82) is 0 Å². The fraction of sp³-hybridized carbons (Fsp3) is 0.100. The van der Waals surface area contributed by atoms with Crippen LogP contribution in [0.4, 0.5) is 0 Å². The van der Waals surface area contributed by atoms with Gasteiger partial charge >= 0.3 is 24.6 Å². The van der Waals surface area contributed by atoms with Gasteiger partial charge in [-0.15, -0.1) is 4.52 Å². The van der Waals surface area contributed by atoms with Crippen molar-refractivity contribution < 1.29 is 46.7 Å². The third kappa shape index (κ3) is 9.40. The summed E-state index contributed by atoms with van der Waals surface area (Å²) in [6.07, 6.45) is 0. The molecule has 2 atom stereocenters. The van der Waals surface area contributed by atoms with E-state index in [1.165, 1.54) is 4.60 Å². The lowest BCUT2D eigenvalue weighted by atomic mass is 10.3. The zero-order chi connectivity index (χ0) is 38.7. The van der Waals surface area contributed by atoms with E-state index in [0.29, 0.717) is 57.5 Å². The largest absolute Gasteiger partial charge is 0.497 e. The number of nitrogens with zero attached hydrogens (tertiary/aromatic N) is 3. The van der Waals surface area contributed by atoms with Crippen molar-refractivity contribution >= 4 is 24.6 Å². The third-order valence-corrected chi connectivity index (χ3v) is 14.6. The van der Waals surface area contributed by atoms with Gasteiger partial charge in [-0.2, -0.15) is 0 Å². The Bertz CT molecular complexity index is 2140. The van der Waals surface area contributed by atoms with Gasteiger partial charge in [0.2, 0.25) is 0 Å². The molecule has 288 valence electrons. The molecule has 0 saturated heterocycles. The molecule has 0 N–H and O–H groups in total. The van der Waals surface area contributed by atoms with Gasteiger partial charge in [0.1, 0.15) is 57.5 Å². The van der Waals surface area contributed by atoms with Crippen LogP contribution in [0.5, 0.6) is 57.5 Å². The van der Waals surface area contributed by atoms with Crippen molar-refractivity contribution in [3.05, 3.63) is 158 Å². The number of rotatable bonds is 16. The van der Waals surface area contributed by atoms with E-state index < -0.39 is 24.6 Å². The van der Waals surface area contributed by atoms with Gasteiger partial charge in [-0.3, -0.25) is 0 Å². The summed E-state index contributed by atoms with van der Waals surface area (Å²) in [6.45, 7) is 0. The van der Waals surface area contributed by atoms with Crippen LogP contribution in [-0.4, -0.2) is 37.6 Å². The van der Waals surface area contributed by atoms with E-state index >= 15 is 0 Å². The van der Waals surface area contributed by atoms with Crippen molar-refractivity contribution in [2.45, 2.75) is 0 Å². The highest BCUT2D eigenvalue weighted by Gasteiger charge is 2.58. The quantitative estimate of drug-likeness (QED) is 0.0867. The molecule has 0 bridgehead atoms. The van der Waals surface area contributed by atoms with Crippen LogP contribution >= 0.6 is 24.6 Å². The molecular formula is C40H38N3O10P3. The molecule has 1 aliphatic rings. The summed E-state index contributed by atoms with van der Waals surface area (Å²) >= 11 is 0. The van der Waals surface area contributed by atoms with Gasteiger partial charge in [0.25, 0.3) is 0 Å². The molecule has 0 radical (unpaired) electrons. The van der Waals surface area contributed by atoms with Crippen LogP contribution in [0.1, 0.15) is 0 Å². The number of hydrogen-bond acceptors (Lipinski definition) is 13. The van der Waals surface area contributed by atoms with E-state index in [1.807, 2.05) is 60.7 Å². The van der Waals surface area contributed by atoms with Crippen molar-refractivity contribution in [1.82, 2.24) is 9.21 Å². The molecule has 0 saturated carbocycles. The monoisotopic (exact) mass is 813 g/mol. The minimum Gasteiger partial charge on any atom is -0.497 e. The molecule has 0 aromatic heterocycles. The van der Waals surface area contributed by atoms with Crippen LogP contribution in [0.3, 0.4) is 0 Å². The highest BCUT2D eigenvalue weighted by atomic mass is 31.3. The van der Waals surface area contributed by atoms with Gasteiger partial charge in [-0.1, -0.05) is 36.4 Å². The maximum Gasteiger partial charge on any atom is 0.447 e. The van der Waals surface area contributed by atoms with Crippen LogP contribution in [0.25, 0.3) is 0 Å². The first-order valence-electron chi connectivity index (χ1n) is 17.1. The first kappa shape index (κ1) is 38.6. The standard InChI is InChI=1S/C40H38N3O10P3/c1-44-31-15-23-35(24-16-31)48-42-54(50-37-27-19-33(46-3)20-28-37)41-56(52-39-11-7-5-8-12-39,53-40-13-9-6-10-14-40)43(49-36-25-17-32(45-2)18-26-36)55(42)51-38-29-21-34(47-4)22-30-38/h5-30H,1-4H3. The summed E-state index contributed by atoms with van der Waals surface area (Å²) in [5, 5.41) is 0. The molecule has 7 rings (SSSR count). The van der Waals surface area contributed by atoms with Gasteiger partial charge in [-0.05, 0) is 121 Å². The van der Waals surface area contributed by atoms with Gasteiger partial charge < -0.3 is 46.7 Å². The number of para-hydroxylation sites is 2. The summed E-state index contributed by atoms with van der Waals surface area (Å²) < 4.78 is 57.7. The lowest BCUT2D eigenvalue weighted by Crippen LogP contribution is -2.37. The molecule has 2 unspecified atom stereocenters. The zero-order valence-corrected chi connectivity index (χ0v) is 33.5. The smallest absolute Gasteiger partial charge is 0.447 e. The first-order valence-corrected chi connectivity index (χ1v) is 20.9. The molecule has 1 heterocycles. The SMILES string of the molecule is COc1ccc(ON2P(Oc3ccc(OC)cc3)N=P(Oc3ccccc3)(Oc3ccccc3)N(Oc3ccc(OC)cc3)P2Oc2ccc(OC)cc2)cc1. The van der Waals surface area contributed by atoms with Gasteiger partial charge in [0, 0.05) is 9.21 Å². The maximum absolute atomic E-state index is 6.95. The Morgan fingerprint density at radius 2 is 0.750 bits per heavy atom. The zero-order valence-electron chi connectivity index (χ0n) is 30.8. The average molecular weight is 814 g/mol. The van der Waals surface area contributed by atoms with E-state index in [2.05, 4.69) is 0 Å². The molecule has 0 aliphatic carbocycles. The predicted molar refractivity (Wildman–Crippen MR) is 215 cm³/mol. The molecule has 0 spiro atoms. The fourth-order valence-corrected chi connectivity index (χ4v) is 12.5. The van der Waals surface area contributed by atoms with Gasteiger partial charge in [-0.25, -0.2) is 0 Å². The second-order valence-electron chi connectivity index (χ2n) is 11.5. The maximum atomic E-state index is 6.95. The Kier molecular flexibility index (Phi) is 12.6. The Morgan fingerprint density at radius 1 is 0.393 bits per heavy atom. The molecule has 0 fully saturated rings. The number of hydrogen-bond donors (Lipinski definition) is 0. The summed E-state index contributed by atoms with van der Waals surface area (Å²) in [5.41, 5.74) is 0. The number of benzene rings is 6. The minimum absolute atomic E-state index is 0.413. The summed E-state index contributed by atoms with van der Waals surface area (Å²) in [6, 6.07) is 47.0. The van der Waals surface area contributed by atoms with Crippen LogP contribution in [0.2, 0.25) is 0 Å². The second kappa shape index (κ2) is 18.3. The summed E-state index contributed by atoms with van der Waals surface area (Å²) in [5.74, 6) is 5.32. The highest BCUT2D eigenvalue weighted by molar-refractivity contribution is 7.78. The normalized spacial score (nSPS) is 16.4. The average Bonchev–Trinajstić information content (AvgIpc) is 3.25. The fourth-order valence-electron chi connectivity index (χ4n) is 4.96. The van der Waals surface area contributed by atoms with E-state index in [9.17, 15) is 0 Å². The van der Waals surface area contributed by atoms with Crippen LogP contribution < -0.4 is 46.7 Å². The van der Waals surface area contributed by atoms with Crippen molar-refractivity contribution in [3.63, 3.8) is 0 Å². The highest BCUT2D eigenvalue weighted by Crippen LogP contribution is 2.77. The van der Waals surface area contributed by atoms with Crippen LogP contribution in [0, 0.1) is 0 Å². The Hall–Kier alpha value is -5.67. The molecule has 6 aromatic rings. The third-order valence-electron chi connectivity index (χ3n) is 7.77. The molecule has 0 amide bonds. The van der Waals surface area contributed by atoms with Crippen LogP contribution in [0.15, 0.2) is 162 Å². The molecule has 6 aromatic carbocycles. The van der Waals surface area contributed by atoms with Crippen molar-refractivity contribution in [2.24, 2.45) is 4.52 Å². The van der Waals surface area contributed by atoms with E-state index in [4.69, 9.17) is 51.2 Å². The number of methoxy groups -OCH3 is 4. The second-order valence-corrected chi connectivity index (χ2v) is 17.0. The van der Waals surface area contributed by atoms with Crippen molar-refractivity contribution in [2.75, 3.05) is 28.4 Å². The predicted octanol–water partition coefficient (Wildman–Crippen LogP) is 11.3. The Labute approximate surface area is 327 Å². The topological polar surface area (TPSA) is 111 Å². The lowest BCUT2D eigenvalue weighted by Gasteiger charge is -2.43. The molecule has 56 heavy (non-hydrogen) atoms. The summed E-state index contributed by atoms with van der Waals surface area (Å²) in [4.78, 5) is 13.6.